The van der Waals surface area contributed by atoms with Crippen molar-refractivity contribution in [2.75, 3.05) is 19.6 Å². The van der Waals surface area contributed by atoms with Crippen LogP contribution >= 0.6 is 24.0 Å². The van der Waals surface area contributed by atoms with E-state index in [9.17, 15) is 0 Å². The summed E-state index contributed by atoms with van der Waals surface area (Å²) in [5, 5.41) is 6.66. The Morgan fingerprint density at radius 3 is 2.65 bits per heavy atom. The topological polar surface area (TPSA) is 36.4 Å². The van der Waals surface area contributed by atoms with Crippen molar-refractivity contribution >= 4 is 29.9 Å². The predicted molar refractivity (Wildman–Crippen MR) is 99.2 cm³/mol. The summed E-state index contributed by atoms with van der Waals surface area (Å²) in [6.45, 7) is 9.14. The molecule has 0 atom stereocenters. The largest absolute Gasteiger partial charge is 0.357 e. The van der Waals surface area contributed by atoms with Crippen LogP contribution in [0.4, 0.5) is 0 Å². The fourth-order valence-corrected chi connectivity index (χ4v) is 1.88. The maximum absolute atomic E-state index is 4.55. The molecule has 3 nitrogen and oxygen atoms in total. The average Bonchev–Trinajstić information content (AvgIpc) is 2.39. The van der Waals surface area contributed by atoms with E-state index in [0.29, 0.717) is 0 Å². The molecule has 0 aromatic heterocycles. The first-order valence-corrected chi connectivity index (χ1v) is 7.34. The maximum atomic E-state index is 4.55. The van der Waals surface area contributed by atoms with Crippen LogP contribution in [-0.2, 0) is 6.42 Å². The molecule has 1 aromatic rings. The van der Waals surface area contributed by atoms with Crippen molar-refractivity contribution in [1.82, 2.24) is 10.6 Å². The SMILES string of the molecule is CCCCN=C(NCC)NCCc1cccc(C)c1.I. The molecule has 0 bridgehead atoms. The first kappa shape index (κ1) is 19.2. The molecule has 1 aromatic carbocycles. The van der Waals surface area contributed by atoms with E-state index in [0.717, 1.165) is 38.4 Å². The van der Waals surface area contributed by atoms with E-state index >= 15 is 0 Å². The highest BCUT2D eigenvalue weighted by Crippen LogP contribution is 2.03. The summed E-state index contributed by atoms with van der Waals surface area (Å²) in [7, 11) is 0. The van der Waals surface area contributed by atoms with Crippen molar-refractivity contribution in [2.45, 2.75) is 40.0 Å². The Morgan fingerprint density at radius 2 is 2.00 bits per heavy atom. The van der Waals surface area contributed by atoms with Crippen molar-refractivity contribution in [1.29, 1.82) is 0 Å². The maximum Gasteiger partial charge on any atom is 0.191 e. The summed E-state index contributed by atoms with van der Waals surface area (Å²) in [5.74, 6) is 0.934. The Balaban J connectivity index is 0.00000361. The minimum Gasteiger partial charge on any atom is -0.357 e. The highest BCUT2D eigenvalue weighted by molar-refractivity contribution is 14.0. The summed E-state index contributed by atoms with van der Waals surface area (Å²) in [6.07, 6.45) is 3.36. The molecule has 20 heavy (non-hydrogen) atoms. The second-order valence-electron chi connectivity index (χ2n) is 4.78. The molecule has 0 spiro atoms. The quantitative estimate of drug-likeness (QED) is 0.324. The summed E-state index contributed by atoms with van der Waals surface area (Å²) in [5.41, 5.74) is 2.69. The molecule has 0 aliphatic rings. The van der Waals surface area contributed by atoms with Gasteiger partial charge in [-0.05, 0) is 32.3 Å². The number of benzene rings is 1. The minimum atomic E-state index is 0. The third kappa shape index (κ3) is 8.40. The lowest BCUT2D eigenvalue weighted by molar-refractivity contribution is 0.767. The molecule has 1 rings (SSSR count). The van der Waals surface area contributed by atoms with Crippen LogP contribution in [0.25, 0.3) is 0 Å². The molecule has 0 aliphatic heterocycles. The summed E-state index contributed by atoms with van der Waals surface area (Å²) < 4.78 is 0. The van der Waals surface area contributed by atoms with Gasteiger partial charge in [-0.2, -0.15) is 0 Å². The molecule has 0 amide bonds. The predicted octanol–water partition coefficient (Wildman–Crippen LogP) is 3.51. The number of rotatable bonds is 7. The third-order valence-corrected chi connectivity index (χ3v) is 2.91. The highest BCUT2D eigenvalue weighted by atomic mass is 127. The molecule has 0 radical (unpaired) electrons. The summed E-state index contributed by atoms with van der Waals surface area (Å²) in [6, 6.07) is 8.66. The van der Waals surface area contributed by atoms with Gasteiger partial charge in [-0.1, -0.05) is 43.2 Å². The molecular formula is C16H28IN3. The number of halogens is 1. The van der Waals surface area contributed by atoms with Crippen molar-refractivity contribution in [3.8, 4) is 0 Å². The first-order chi connectivity index (χ1) is 9.26. The van der Waals surface area contributed by atoms with Crippen molar-refractivity contribution in [2.24, 2.45) is 4.99 Å². The van der Waals surface area contributed by atoms with Crippen molar-refractivity contribution in [3.05, 3.63) is 35.4 Å². The van der Waals surface area contributed by atoms with Gasteiger partial charge >= 0.3 is 0 Å². The molecule has 4 heteroatoms. The Morgan fingerprint density at radius 1 is 1.20 bits per heavy atom. The van der Waals surface area contributed by atoms with E-state index in [1.807, 2.05) is 0 Å². The van der Waals surface area contributed by atoms with Crippen LogP contribution in [0.3, 0.4) is 0 Å². The number of aryl methyl sites for hydroxylation is 1. The van der Waals surface area contributed by atoms with Gasteiger partial charge in [0.15, 0.2) is 5.96 Å². The van der Waals surface area contributed by atoms with Gasteiger partial charge in [0.2, 0.25) is 0 Å². The second-order valence-corrected chi connectivity index (χ2v) is 4.78. The summed E-state index contributed by atoms with van der Waals surface area (Å²) >= 11 is 0. The van der Waals surface area contributed by atoms with Gasteiger partial charge in [0.25, 0.3) is 0 Å². The average molecular weight is 389 g/mol. The van der Waals surface area contributed by atoms with E-state index in [-0.39, 0.29) is 24.0 Å². The lowest BCUT2D eigenvalue weighted by Crippen LogP contribution is -2.38. The Bertz CT molecular complexity index is 391. The van der Waals surface area contributed by atoms with E-state index in [4.69, 9.17) is 0 Å². The van der Waals surface area contributed by atoms with Gasteiger partial charge in [-0.15, -0.1) is 24.0 Å². The van der Waals surface area contributed by atoms with Gasteiger partial charge in [0, 0.05) is 19.6 Å². The van der Waals surface area contributed by atoms with Gasteiger partial charge < -0.3 is 10.6 Å². The number of aliphatic imine (C=N–C) groups is 1. The van der Waals surface area contributed by atoms with Gasteiger partial charge in [-0.3, -0.25) is 4.99 Å². The lowest BCUT2D eigenvalue weighted by atomic mass is 10.1. The molecule has 0 saturated heterocycles. The zero-order chi connectivity index (χ0) is 13.9. The highest BCUT2D eigenvalue weighted by Gasteiger charge is 1.97. The Kier molecular flexibility index (Phi) is 11.5. The van der Waals surface area contributed by atoms with E-state index < -0.39 is 0 Å². The van der Waals surface area contributed by atoms with Gasteiger partial charge in [0.05, 0.1) is 0 Å². The normalized spacial score (nSPS) is 10.8. The van der Waals surface area contributed by atoms with Crippen LogP contribution < -0.4 is 10.6 Å². The molecule has 0 aliphatic carbocycles. The fourth-order valence-electron chi connectivity index (χ4n) is 1.88. The van der Waals surface area contributed by atoms with Crippen LogP contribution in [0.15, 0.2) is 29.3 Å². The van der Waals surface area contributed by atoms with Crippen molar-refractivity contribution in [3.63, 3.8) is 0 Å². The number of nitrogens with one attached hydrogen (secondary N) is 2. The second kappa shape index (κ2) is 12.0. The van der Waals surface area contributed by atoms with Crippen LogP contribution in [-0.4, -0.2) is 25.6 Å². The van der Waals surface area contributed by atoms with Crippen molar-refractivity contribution < 1.29 is 0 Å². The molecule has 0 fully saturated rings. The number of nitrogens with zero attached hydrogens (tertiary/aromatic N) is 1. The minimum absolute atomic E-state index is 0. The lowest BCUT2D eigenvalue weighted by Gasteiger charge is -2.11. The monoisotopic (exact) mass is 389 g/mol. The zero-order valence-electron chi connectivity index (χ0n) is 12.9. The number of hydrogen-bond donors (Lipinski definition) is 2. The zero-order valence-corrected chi connectivity index (χ0v) is 15.2. The fraction of sp³-hybridized carbons (Fsp3) is 0.562. The Labute approximate surface area is 140 Å². The van der Waals surface area contributed by atoms with Gasteiger partial charge in [0.1, 0.15) is 0 Å². The molecule has 0 heterocycles. The van der Waals surface area contributed by atoms with Gasteiger partial charge in [-0.25, -0.2) is 0 Å². The first-order valence-electron chi connectivity index (χ1n) is 7.34. The smallest absolute Gasteiger partial charge is 0.191 e. The number of guanidine groups is 1. The number of unbranched alkanes of at least 4 members (excludes halogenated alkanes) is 1. The van der Waals surface area contributed by atoms with E-state index in [2.05, 4.69) is 60.7 Å². The third-order valence-electron chi connectivity index (χ3n) is 2.91. The van der Waals surface area contributed by atoms with E-state index in [1.165, 1.54) is 17.5 Å². The van der Waals surface area contributed by atoms with E-state index in [1.54, 1.807) is 0 Å². The van der Waals surface area contributed by atoms with Crippen LogP contribution in [0.1, 0.15) is 37.8 Å². The molecule has 2 N–H and O–H groups in total. The molecule has 0 saturated carbocycles. The van der Waals surface area contributed by atoms with Crippen LogP contribution in [0, 0.1) is 6.92 Å². The Hall–Kier alpha value is -0.780. The van der Waals surface area contributed by atoms with Crippen LogP contribution in [0.2, 0.25) is 0 Å². The molecule has 0 unspecified atom stereocenters. The standard InChI is InChI=1S/C16H27N3.HI/c1-4-6-11-18-16(17-5-2)19-12-10-15-9-7-8-14(3)13-15;/h7-9,13H,4-6,10-12H2,1-3H3,(H2,17,18,19);1H. The molecular weight excluding hydrogens is 361 g/mol. The van der Waals surface area contributed by atoms with Crippen LogP contribution in [0.5, 0.6) is 0 Å². The molecule has 114 valence electrons. The number of hydrogen-bond acceptors (Lipinski definition) is 1. The summed E-state index contributed by atoms with van der Waals surface area (Å²) in [4.78, 5) is 4.55.